The van der Waals surface area contributed by atoms with Gasteiger partial charge in [0.05, 0.1) is 5.56 Å². The number of hydrogen-bond acceptors (Lipinski definition) is 4. The third-order valence-electron chi connectivity index (χ3n) is 4.01. The first kappa shape index (κ1) is 17.6. The fourth-order valence-electron chi connectivity index (χ4n) is 2.55. The molecule has 0 aliphatic carbocycles. The maximum atomic E-state index is 12.1. The minimum absolute atomic E-state index is 0.255. The van der Waals surface area contributed by atoms with Crippen LogP contribution in [0.25, 0.3) is 0 Å². The first-order chi connectivity index (χ1) is 12.6. The van der Waals surface area contributed by atoms with Gasteiger partial charge in [-0.05, 0) is 23.3 Å². The predicted molar refractivity (Wildman–Crippen MR) is 98.0 cm³/mol. The summed E-state index contributed by atoms with van der Waals surface area (Å²) in [6, 6.07) is 24.4. The predicted octanol–water partition coefficient (Wildman–Crippen LogP) is 3.81. The van der Waals surface area contributed by atoms with E-state index in [0.29, 0.717) is 16.7 Å². The van der Waals surface area contributed by atoms with E-state index in [0.717, 1.165) is 5.56 Å². The number of Topliss-reactive ketones (excluding diaryl/α,β-unsaturated/α-hetero) is 1. The maximum absolute atomic E-state index is 12.1. The highest BCUT2D eigenvalue weighted by molar-refractivity contribution is 5.99. The molecule has 130 valence electrons. The molecule has 0 saturated heterocycles. The van der Waals surface area contributed by atoms with Gasteiger partial charge in [-0.25, -0.2) is 4.79 Å². The summed E-state index contributed by atoms with van der Waals surface area (Å²) in [5, 5.41) is 10.4. The van der Waals surface area contributed by atoms with E-state index >= 15 is 0 Å². The van der Waals surface area contributed by atoms with E-state index < -0.39 is 12.1 Å². The third-order valence-corrected chi connectivity index (χ3v) is 4.01. The largest absolute Gasteiger partial charge is 0.454 e. The molecule has 1 N–H and O–H groups in total. The highest BCUT2D eigenvalue weighted by Crippen LogP contribution is 2.22. The van der Waals surface area contributed by atoms with E-state index in [9.17, 15) is 14.7 Å². The monoisotopic (exact) mass is 346 g/mol. The highest BCUT2D eigenvalue weighted by Gasteiger charge is 2.14. The average Bonchev–Trinajstić information content (AvgIpc) is 2.72. The molecule has 0 aliphatic rings. The van der Waals surface area contributed by atoms with Gasteiger partial charge in [-0.1, -0.05) is 72.8 Å². The minimum atomic E-state index is -0.763. The Morgan fingerprint density at radius 3 is 1.88 bits per heavy atom. The first-order valence-corrected chi connectivity index (χ1v) is 8.23. The Morgan fingerprint density at radius 1 is 0.731 bits per heavy atom. The summed E-state index contributed by atoms with van der Waals surface area (Å²) in [6.07, 6.45) is -0.763. The van der Waals surface area contributed by atoms with Crippen molar-refractivity contribution in [2.24, 2.45) is 0 Å². The molecule has 3 aromatic rings. The van der Waals surface area contributed by atoms with Crippen LogP contribution in [0.4, 0.5) is 0 Å². The van der Waals surface area contributed by atoms with Gasteiger partial charge < -0.3 is 9.84 Å². The number of carbonyl (C=O) groups is 2. The van der Waals surface area contributed by atoms with E-state index in [-0.39, 0.29) is 12.4 Å². The Kier molecular flexibility index (Phi) is 5.56. The molecule has 0 radical (unpaired) electrons. The molecule has 0 aliphatic heterocycles. The number of benzene rings is 3. The summed E-state index contributed by atoms with van der Waals surface area (Å²) >= 11 is 0. The van der Waals surface area contributed by atoms with Crippen LogP contribution in [0.3, 0.4) is 0 Å². The smallest absolute Gasteiger partial charge is 0.338 e. The first-order valence-electron chi connectivity index (χ1n) is 8.23. The molecule has 3 rings (SSSR count). The van der Waals surface area contributed by atoms with E-state index in [2.05, 4.69) is 0 Å². The van der Waals surface area contributed by atoms with Crippen molar-refractivity contribution in [3.63, 3.8) is 0 Å². The lowest BCUT2D eigenvalue weighted by Crippen LogP contribution is -2.14. The van der Waals surface area contributed by atoms with Gasteiger partial charge in [-0.3, -0.25) is 4.79 Å². The Balaban J connectivity index is 1.61. The van der Waals surface area contributed by atoms with Crippen molar-refractivity contribution in [3.05, 3.63) is 107 Å². The summed E-state index contributed by atoms with van der Waals surface area (Å²) in [5.41, 5.74) is 2.28. The molecule has 4 heteroatoms. The topological polar surface area (TPSA) is 63.6 Å². The van der Waals surface area contributed by atoms with Crippen LogP contribution in [0, 0.1) is 0 Å². The highest BCUT2D eigenvalue weighted by atomic mass is 16.5. The summed E-state index contributed by atoms with van der Waals surface area (Å²) in [5.74, 6) is -0.829. The van der Waals surface area contributed by atoms with E-state index in [1.807, 2.05) is 36.4 Å². The van der Waals surface area contributed by atoms with Crippen molar-refractivity contribution in [1.82, 2.24) is 0 Å². The van der Waals surface area contributed by atoms with Gasteiger partial charge in [0.2, 0.25) is 0 Å². The molecular weight excluding hydrogens is 328 g/mol. The molecule has 1 atom stereocenters. The lowest BCUT2D eigenvalue weighted by Gasteiger charge is -2.12. The Bertz CT molecular complexity index is 871. The van der Waals surface area contributed by atoms with Crippen molar-refractivity contribution in [2.75, 3.05) is 6.61 Å². The molecule has 0 aromatic heterocycles. The molecule has 26 heavy (non-hydrogen) atoms. The van der Waals surface area contributed by atoms with Crippen LogP contribution in [0.5, 0.6) is 0 Å². The van der Waals surface area contributed by atoms with Crippen LogP contribution in [0.2, 0.25) is 0 Å². The fourth-order valence-corrected chi connectivity index (χ4v) is 2.55. The normalized spacial score (nSPS) is 11.6. The average molecular weight is 346 g/mol. The van der Waals surface area contributed by atoms with Crippen LogP contribution in [0.15, 0.2) is 84.9 Å². The van der Waals surface area contributed by atoms with Gasteiger partial charge in [-0.15, -0.1) is 0 Å². The molecule has 0 bridgehead atoms. The molecule has 0 spiro atoms. The number of carbonyl (C=O) groups excluding carboxylic acids is 2. The number of aliphatic hydroxyl groups is 1. The summed E-state index contributed by atoms with van der Waals surface area (Å²) in [4.78, 5) is 24.1. The molecular formula is C22H18O4. The van der Waals surface area contributed by atoms with Crippen molar-refractivity contribution in [2.45, 2.75) is 6.10 Å². The Morgan fingerprint density at radius 2 is 1.27 bits per heavy atom. The fraction of sp³-hybridized carbons (Fsp3) is 0.0909. The SMILES string of the molecule is O=C(COC(=O)c1ccc(C(O)c2ccccc2)cc1)c1ccccc1. The molecule has 0 fully saturated rings. The van der Waals surface area contributed by atoms with E-state index in [1.54, 1.807) is 48.5 Å². The molecule has 0 heterocycles. The minimum Gasteiger partial charge on any atom is -0.454 e. The zero-order valence-corrected chi connectivity index (χ0v) is 14.0. The van der Waals surface area contributed by atoms with Crippen LogP contribution in [-0.4, -0.2) is 23.5 Å². The van der Waals surface area contributed by atoms with Crippen molar-refractivity contribution in [1.29, 1.82) is 0 Å². The number of aliphatic hydroxyl groups excluding tert-OH is 1. The van der Waals surface area contributed by atoms with Crippen LogP contribution in [-0.2, 0) is 4.74 Å². The molecule has 1 unspecified atom stereocenters. The van der Waals surface area contributed by atoms with Gasteiger partial charge in [-0.2, -0.15) is 0 Å². The lowest BCUT2D eigenvalue weighted by atomic mass is 10.0. The van der Waals surface area contributed by atoms with Crippen molar-refractivity contribution >= 4 is 11.8 Å². The Hall–Kier alpha value is -3.24. The van der Waals surface area contributed by atoms with E-state index in [4.69, 9.17) is 4.74 Å². The second-order valence-electron chi connectivity index (χ2n) is 5.80. The standard InChI is InChI=1S/C22H18O4/c23-20(16-7-3-1-4-8-16)15-26-22(25)19-13-11-18(12-14-19)21(24)17-9-5-2-6-10-17/h1-14,21,24H,15H2. The van der Waals surface area contributed by atoms with Gasteiger partial charge in [0.15, 0.2) is 12.4 Å². The van der Waals surface area contributed by atoms with Gasteiger partial charge in [0.25, 0.3) is 0 Å². The van der Waals surface area contributed by atoms with Crippen molar-refractivity contribution < 1.29 is 19.4 Å². The third kappa shape index (κ3) is 4.23. The van der Waals surface area contributed by atoms with E-state index in [1.165, 1.54) is 0 Å². The second kappa shape index (κ2) is 8.23. The van der Waals surface area contributed by atoms with Crippen LogP contribution < -0.4 is 0 Å². The molecule has 3 aromatic carbocycles. The number of esters is 1. The quantitative estimate of drug-likeness (QED) is 0.544. The zero-order valence-electron chi connectivity index (χ0n) is 14.0. The van der Waals surface area contributed by atoms with Gasteiger partial charge in [0.1, 0.15) is 6.10 Å². The van der Waals surface area contributed by atoms with Crippen LogP contribution >= 0.6 is 0 Å². The van der Waals surface area contributed by atoms with Gasteiger partial charge >= 0.3 is 5.97 Å². The molecule has 0 saturated carbocycles. The number of ketones is 1. The second-order valence-corrected chi connectivity index (χ2v) is 5.80. The Labute approximate surface area is 151 Å². The lowest BCUT2D eigenvalue weighted by molar-refractivity contribution is 0.0474. The van der Waals surface area contributed by atoms with Crippen LogP contribution in [0.1, 0.15) is 37.9 Å². The van der Waals surface area contributed by atoms with Gasteiger partial charge in [0, 0.05) is 5.56 Å². The number of hydrogen-bond donors (Lipinski definition) is 1. The summed E-state index contributed by atoms with van der Waals surface area (Å²) in [7, 11) is 0. The summed E-state index contributed by atoms with van der Waals surface area (Å²) in [6.45, 7) is -0.308. The maximum Gasteiger partial charge on any atom is 0.338 e. The number of rotatable bonds is 6. The zero-order chi connectivity index (χ0) is 18.4. The number of ether oxygens (including phenoxy) is 1. The molecule has 0 amide bonds. The summed E-state index contributed by atoms with van der Waals surface area (Å²) < 4.78 is 5.08. The van der Waals surface area contributed by atoms with Crippen molar-refractivity contribution in [3.8, 4) is 0 Å². The molecule has 4 nitrogen and oxygen atoms in total.